The third-order valence-electron chi connectivity index (χ3n) is 0. The minimum absolute atomic E-state index is 0. The maximum Gasteiger partial charge on any atom is 2.00 e. The Kier molecular flexibility index (Phi) is 36.0. The maximum atomic E-state index is 8.74. The quantitative estimate of drug-likeness (QED) is 0.253. The Morgan fingerprint density at radius 2 is 0.643 bits per heavy atom. The molecule has 92 valence electrons. The fraction of sp³-hybridized carbons (Fsp3) is 0. The van der Waals surface area contributed by atoms with Gasteiger partial charge in [-0.3, -0.25) is 18.2 Å². The van der Waals surface area contributed by atoms with Crippen LogP contribution in [0.2, 0.25) is 0 Å². The zero-order valence-corrected chi connectivity index (χ0v) is 10.3. The molecule has 11 nitrogen and oxygen atoms in total. The molecule has 0 spiro atoms. The molecule has 0 aliphatic heterocycles. The summed E-state index contributed by atoms with van der Waals surface area (Å²) in [4.78, 5) is 0. The molecule has 0 heterocycles. The van der Waals surface area contributed by atoms with Gasteiger partial charge in [-0.2, -0.15) is 16.8 Å². The Bertz CT molecular complexity index is 218. The second kappa shape index (κ2) is 13.9. The van der Waals surface area contributed by atoms with E-state index in [1.54, 1.807) is 0 Å². The summed E-state index contributed by atoms with van der Waals surface area (Å²) in [6.45, 7) is 0. The molecule has 0 rings (SSSR count). The Labute approximate surface area is 112 Å². The van der Waals surface area contributed by atoms with Gasteiger partial charge in [-0.25, -0.2) is 0 Å². The van der Waals surface area contributed by atoms with Crippen molar-refractivity contribution in [2.75, 3.05) is 0 Å². The molecular weight excluding hydrogens is 280 g/mol. The predicted molar refractivity (Wildman–Crippen MR) is 47.2 cm³/mol. The molecule has 0 saturated carbocycles. The van der Waals surface area contributed by atoms with E-state index in [0.717, 1.165) is 0 Å². The van der Waals surface area contributed by atoms with Gasteiger partial charge in [-0.1, -0.05) is 0 Å². The van der Waals surface area contributed by atoms with E-state index in [1.807, 2.05) is 0 Å². The second-order valence-corrected chi connectivity index (χ2v) is 2.69. The topological polar surface area (TPSA) is 244 Å². The normalized spacial score (nSPS) is 8.29. The van der Waals surface area contributed by atoms with Gasteiger partial charge in [0, 0.05) is 0 Å². The molecule has 0 bridgehead atoms. The molecule has 0 aromatic heterocycles. The average molecular weight is 292 g/mol. The van der Waals surface area contributed by atoms with Gasteiger partial charge in [0.2, 0.25) is 0 Å². The minimum Gasteiger partial charge on any atom is -1.00 e. The van der Waals surface area contributed by atoms with E-state index in [-0.39, 0.29) is 57.0 Å². The number of rotatable bonds is 0. The van der Waals surface area contributed by atoms with Crippen molar-refractivity contribution in [3.63, 3.8) is 0 Å². The largest absolute Gasteiger partial charge is 2.00 e. The van der Waals surface area contributed by atoms with Gasteiger partial charge in [0.1, 0.15) is 0 Å². The SMILES string of the molecule is O.O.O.O=S(=O)(O)O.O=S(=O)(O)O.[Ca+2].[H-].[H-]. The van der Waals surface area contributed by atoms with E-state index in [0.29, 0.717) is 0 Å². The monoisotopic (exact) mass is 292 g/mol. The Morgan fingerprint density at radius 3 is 0.643 bits per heavy atom. The molecular formula is H12CaO11S2. The molecule has 0 aliphatic carbocycles. The van der Waals surface area contributed by atoms with Crippen LogP contribution in [0.5, 0.6) is 0 Å². The van der Waals surface area contributed by atoms with Crippen molar-refractivity contribution in [1.29, 1.82) is 0 Å². The first-order chi connectivity index (χ1) is 4.00. The molecule has 0 aromatic carbocycles. The molecule has 0 radical (unpaired) electrons. The third kappa shape index (κ3) is 2350. The summed E-state index contributed by atoms with van der Waals surface area (Å²) in [5.74, 6) is 0. The van der Waals surface area contributed by atoms with Crippen LogP contribution in [0.1, 0.15) is 2.85 Å². The zero-order chi connectivity index (χ0) is 9.00. The van der Waals surface area contributed by atoms with Crippen molar-refractivity contribution >= 4 is 58.5 Å². The zero-order valence-electron chi connectivity index (χ0n) is 8.45. The predicted octanol–water partition coefficient (Wildman–Crippen LogP) is -3.94. The van der Waals surface area contributed by atoms with Crippen molar-refractivity contribution < 1.29 is 54.3 Å². The summed E-state index contributed by atoms with van der Waals surface area (Å²) in [7, 11) is -9.33. The molecule has 14 heavy (non-hydrogen) atoms. The summed E-state index contributed by atoms with van der Waals surface area (Å²) < 4.78 is 63.2. The van der Waals surface area contributed by atoms with E-state index < -0.39 is 20.8 Å². The van der Waals surface area contributed by atoms with Gasteiger partial charge in [0.05, 0.1) is 0 Å². The van der Waals surface area contributed by atoms with E-state index >= 15 is 0 Å². The maximum absolute atomic E-state index is 8.74. The van der Waals surface area contributed by atoms with Crippen LogP contribution in [0.3, 0.4) is 0 Å². The van der Waals surface area contributed by atoms with Gasteiger partial charge >= 0.3 is 58.5 Å². The molecule has 0 aliphatic rings. The average Bonchev–Trinajstić information content (AvgIpc) is 1.12. The van der Waals surface area contributed by atoms with E-state index in [9.17, 15) is 0 Å². The van der Waals surface area contributed by atoms with Crippen molar-refractivity contribution in [2.24, 2.45) is 0 Å². The first kappa shape index (κ1) is 36.4. The van der Waals surface area contributed by atoms with Gasteiger partial charge in [0.15, 0.2) is 0 Å². The van der Waals surface area contributed by atoms with Crippen molar-refractivity contribution in [2.45, 2.75) is 0 Å². The third-order valence-corrected chi connectivity index (χ3v) is 0. The molecule has 0 saturated heterocycles. The van der Waals surface area contributed by atoms with Crippen molar-refractivity contribution in [3.05, 3.63) is 0 Å². The van der Waals surface area contributed by atoms with Crippen LogP contribution in [0.4, 0.5) is 0 Å². The fourth-order valence-corrected chi connectivity index (χ4v) is 0. The second-order valence-electron chi connectivity index (χ2n) is 0.896. The van der Waals surface area contributed by atoms with Crippen molar-refractivity contribution in [3.8, 4) is 0 Å². The molecule has 0 fully saturated rings. The van der Waals surface area contributed by atoms with Crippen LogP contribution in [0, 0.1) is 0 Å². The van der Waals surface area contributed by atoms with E-state index in [1.165, 1.54) is 0 Å². The Morgan fingerprint density at radius 1 is 0.643 bits per heavy atom. The minimum atomic E-state index is -4.67. The summed E-state index contributed by atoms with van der Waals surface area (Å²) in [6.07, 6.45) is 0. The van der Waals surface area contributed by atoms with Gasteiger partial charge < -0.3 is 19.3 Å². The molecule has 0 aromatic rings. The van der Waals surface area contributed by atoms with E-state index in [4.69, 9.17) is 35.0 Å². The Balaban J connectivity index is -0.00000000970. The smallest absolute Gasteiger partial charge is 1.00 e. The van der Waals surface area contributed by atoms with E-state index in [2.05, 4.69) is 0 Å². The van der Waals surface area contributed by atoms with Crippen LogP contribution in [0.25, 0.3) is 0 Å². The molecule has 14 heteroatoms. The van der Waals surface area contributed by atoms with Gasteiger partial charge in [-0.15, -0.1) is 0 Å². The van der Waals surface area contributed by atoms with Crippen LogP contribution < -0.4 is 0 Å². The summed E-state index contributed by atoms with van der Waals surface area (Å²) in [6, 6.07) is 0. The molecule has 0 amide bonds. The fourth-order valence-electron chi connectivity index (χ4n) is 0. The Hall–Kier alpha value is 0.880. The van der Waals surface area contributed by atoms with Crippen molar-refractivity contribution in [1.82, 2.24) is 0 Å². The summed E-state index contributed by atoms with van der Waals surface area (Å²) in [5.41, 5.74) is 0. The standard InChI is InChI=1S/Ca.2H2O4S.3H2O.2H/c;2*1-5(2,3)4;;;;;/h;2*(H2,1,2,3,4);3*1H2;;/q+2;;;;;;2*-1. The van der Waals surface area contributed by atoms with Crippen LogP contribution in [0.15, 0.2) is 0 Å². The summed E-state index contributed by atoms with van der Waals surface area (Å²) in [5, 5.41) is 0. The first-order valence-corrected chi connectivity index (χ1v) is 4.19. The van der Waals surface area contributed by atoms with Crippen LogP contribution >= 0.6 is 0 Å². The first-order valence-electron chi connectivity index (χ1n) is 1.40. The summed E-state index contributed by atoms with van der Waals surface area (Å²) >= 11 is 0. The van der Waals surface area contributed by atoms with Gasteiger partial charge in [0.25, 0.3) is 0 Å². The molecule has 0 unspecified atom stereocenters. The molecule has 0 atom stereocenters. The molecule has 10 N–H and O–H groups in total. The number of hydrogen-bond donors (Lipinski definition) is 4. The van der Waals surface area contributed by atoms with Gasteiger partial charge in [-0.05, 0) is 0 Å². The van der Waals surface area contributed by atoms with Crippen LogP contribution in [-0.2, 0) is 20.8 Å². The van der Waals surface area contributed by atoms with Crippen LogP contribution in [-0.4, -0.2) is 89.2 Å². The number of hydrogen-bond acceptors (Lipinski definition) is 4.